The van der Waals surface area contributed by atoms with E-state index < -0.39 is 51.0 Å². The van der Waals surface area contributed by atoms with Crippen LogP contribution in [0, 0.1) is 23.2 Å². The van der Waals surface area contributed by atoms with Gasteiger partial charge in [0.25, 0.3) is 0 Å². The summed E-state index contributed by atoms with van der Waals surface area (Å²) in [6.07, 6.45) is 3.29. The van der Waals surface area contributed by atoms with Crippen LogP contribution in [0.4, 0.5) is 0 Å². The maximum absolute atomic E-state index is 11.8. The smallest absolute Gasteiger partial charge is 0.308 e. The van der Waals surface area contributed by atoms with Crippen molar-refractivity contribution in [3.8, 4) is 6.07 Å². The summed E-state index contributed by atoms with van der Waals surface area (Å²) in [5.74, 6) is -2.13. The van der Waals surface area contributed by atoms with E-state index in [1.807, 2.05) is 41.5 Å². The minimum absolute atomic E-state index is 0.226. The van der Waals surface area contributed by atoms with Gasteiger partial charge in [-0.1, -0.05) is 0 Å². The van der Waals surface area contributed by atoms with E-state index in [2.05, 4.69) is 6.07 Å². The van der Waals surface area contributed by atoms with E-state index in [4.69, 9.17) is 5.73 Å². The summed E-state index contributed by atoms with van der Waals surface area (Å²) >= 11 is 0. The Labute approximate surface area is 215 Å². The lowest BCUT2D eigenvalue weighted by Crippen LogP contribution is -2.56. The van der Waals surface area contributed by atoms with Gasteiger partial charge in [-0.15, -0.1) is 0 Å². The maximum Gasteiger partial charge on any atom is 0.308 e. The molecular weight excluding hydrogens is 462 g/mol. The van der Waals surface area contributed by atoms with Gasteiger partial charge in [-0.05, 0) is 100 Å². The number of hydroxylamine groups is 6. The molecule has 10 heteroatoms. The highest BCUT2D eigenvalue weighted by atomic mass is 16.5. The summed E-state index contributed by atoms with van der Waals surface area (Å²) in [7, 11) is 0. The Morgan fingerprint density at radius 2 is 1.33 bits per heavy atom. The van der Waals surface area contributed by atoms with E-state index >= 15 is 0 Å². The number of nitrogens with zero attached hydrogens (tertiary/aromatic N) is 4. The van der Waals surface area contributed by atoms with Gasteiger partial charge in [-0.2, -0.15) is 20.5 Å². The lowest BCUT2D eigenvalue weighted by Gasteiger charge is -2.44. The molecule has 36 heavy (non-hydrogen) atoms. The molecule has 0 aromatic rings. The number of carbonyl (C=O) groups is 1. The Kier molecular flexibility index (Phi) is 7.20. The van der Waals surface area contributed by atoms with Crippen molar-refractivity contribution >= 4 is 5.97 Å². The zero-order valence-electron chi connectivity index (χ0n) is 23.2. The number of nitrogens with two attached hydrogens (primary N) is 1. The van der Waals surface area contributed by atoms with Crippen molar-refractivity contribution in [1.29, 1.82) is 5.26 Å². The van der Waals surface area contributed by atoms with Crippen molar-refractivity contribution in [2.45, 2.75) is 140 Å². The highest BCUT2D eigenvalue weighted by Crippen LogP contribution is 2.53. The molecular formula is C26H47N5O5. The number of hydrogen-bond donors (Lipinski definition) is 5. The van der Waals surface area contributed by atoms with Crippen molar-refractivity contribution < 1.29 is 25.5 Å². The molecule has 3 heterocycles. The Morgan fingerprint density at radius 3 is 1.75 bits per heavy atom. The van der Waals surface area contributed by atoms with Gasteiger partial charge in [0.2, 0.25) is 0 Å². The lowest BCUT2D eigenvalue weighted by atomic mass is 9.78. The molecule has 3 saturated heterocycles. The molecule has 206 valence electrons. The molecule has 0 bridgehead atoms. The summed E-state index contributed by atoms with van der Waals surface area (Å²) in [5.41, 5.74) is 2.03. The van der Waals surface area contributed by atoms with Crippen LogP contribution in [0.15, 0.2) is 0 Å². The fraction of sp³-hybridized carbons (Fsp3) is 0.923. The summed E-state index contributed by atoms with van der Waals surface area (Å²) < 4.78 is 0. The second-order valence-electron chi connectivity index (χ2n) is 13.9. The van der Waals surface area contributed by atoms with E-state index in [9.17, 15) is 30.8 Å². The van der Waals surface area contributed by atoms with Crippen LogP contribution in [0.3, 0.4) is 0 Å². The highest BCUT2D eigenvalue weighted by Gasteiger charge is 2.61. The van der Waals surface area contributed by atoms with E-state index in [0.717, 1.165) is 0 Å². The average Bonchev–Trinajstić information content (AvgIpc) is 3.17. The van der Waals surface area contributed by atoms with E-state index in [0.29, 0.717) is 38.5 Å². The number of carboxylic acid groups (broad SMARTS) is 1. The molecule has 6 N–H and O–H groups in total. The highest BCUT2D eigenvalue weighted by molar-refractivity contribution is 5.72. The van der Waals surface area contributed by atoms with E-state index in [1.165, 1.54) is 15.2 Å². The first-order valence-corrected chi connectivity index (χ1v) is 13.1. The van der Waals surface area contributed by atoms with Gasteiger partial charge in [0.05, 0.1) is 34.5 Å². The third-order valence-electron chi connectivity index (χ3n) is 10.3. The maximum atomic E-state index is 11.8. The second kappa shape index (κ2) is 8.87. The predicted molar refractivity (Wildman–Crippen MR) is 133 cm³/mol. The summed E-state index contributed by atoms with van der Waals surface area (Å²) in [6.45, 7) is 15.0. The summed E-state index contributed by atoms with van der Waals surface area (Å²) in [5, 5.41) is 57.0. The monoisotopic (exact) mass is 509 g/mol. The third-order valence-corrected chi connectivity index (χ3v) is 10.3. The van der Waals surface area contributed by atoms with Crippen molar-refractivity contribution in [3.05, 3.63) is 0 Å². The Morgan fingerprint density at radius 1 is 0.833 bits per heavy atom. The summed E-state index contributed by atoms with van der Waals surface area (Å²) in [6, 6.07) is 2.17. The van der Waals surface area contributed by atoms with Crippen LogP contribution in [0.2, 0.25) is 0 Å². The Hall–Kier alpha value is -1.32. The van der Waals surface area contributed by atoms with Gasteiger partial charge in [-0.25, -0.2) is 0 Å². The average molecular weight is 510 g/mol. The molecule has 7 atom stereocenters. The van der Waals surface area contributed by atoms with Crippen LogP contribution < -0.4 is 5.73 Å². The number of aliphatic carboxylic acids is 1. The van der Waals surface area contributed by atoms with Gasteiger partial charge in [0.1, 0.15) is 0 Å². The molecule has 0 amide bonds. The van der Waals surface area contributed by atoms with Crippen LogP contribution in [0.5, 0.6) is 0 Å². The van der Waals surface area contributed by atoms with Crippen LogP contribution in [0.25, 0.3) is 0 Å². The molecule has 0 spiro atoms. The van der Waals surface area contributed by atoms with Gasteiger partial charge in [0, 0.05) is 22.7 Å². The largest absolute Gasteiger partial charge is 0.481 e. The minimum Gasteiger partial charge on any atom is -0.481 e. The third kappa shape index (κ3) is 4.27. The minimum atomic E-state index is -0.944. The molecule has 3 rings (SSSR count). The molecule has 0 aromatic carbocycles. The molecule has 0 aromatic heterocycles. The fourth-order valence-corrected chi connectivity index (χ4v) is 7.43. The molecule has 3 aliphatic heterocycles. The van der Waals surface area contributed by atoms with Crippen LogP contribution in [-0.2, 0) is 4.79 Å². The van der Waals surface area contributed by atoms with Crippen LogP contribution in [0.1, 0.15) is 100 Å². The molecule has 7 unspecified atom stereocenters. The quantitative estimate of drug-likeness (QED) is 0.343. The van der Waals surface area contributed by atoms with Crippen molar-refractivity contribution in [2.75, 3.05) is 0 Å². The number of rotatable bonds is 7. The predicted octanol–water partition coefficient (Wildman–Crippen LogP) is 3.59. The van der Waals surface area contributed by atoms with Gasteiger partial charge >= 0.3 is 5.97 Å². The fourth-order valence-electron chi connectivity index (χ4n) is 7.43. The van der Waals surface area contributed by atoms with Crippen LogP contribution >= 0.6 is 0 Å². The standard InChI is InChI=1S/C26H47N5O5/c1-21(2)15-19(28)26(8,29(21)34)12-10-23(5)13-17(16-27)25(7,31(23)36)11-9-24(6)14-18(20(32)33)22(3,4)30(24)35/h17-19,34-36H,9-15,28H2,1-8H3,(H,32,33). The van der Waals surface area contributed by atoms with E-state index in [1.54, 1.807) is 13.8 Å². The molecule has 0 aliphatic carbocycles. The zero-order valence-corrected chi connectivity index (χ0v) is 23.2. The van der Waals surface area contributed by atoms with Crippen molar-refractivity contribution in [2.24, 2.45) is 17.6 Å². The van der Waals surface area contributed by atoms with Gasteiger partial charge < -0.3 is 26.5 Å². The van der Waals surface area contributed by atoms with Crippen molar-refractivity contribution in [1.82, 2.24) is 15.2 Å². The number of nitriles is 1. The SMILES string of the molecule is CC1(C)CC(N)C(C)(CCC2(C)CC(C#N)C(C)(CCC3(C)CC(C(=O)O)C(C)(C)N3O)N2O)N1O. The Bertz CT molecular complexity index is 923. The topological polar surface area (TPSA) is 158 Å². The molecule has 10 nitrogen and oxygen atoms in total. The number of hydrogen-bond acceptors (Lipinski definition) is 9. The molecule has 3 fully saturated rings. The number of carboxylic acids is 1. The second-order valence-corrected chi connectivity index (χ2v) is 13.9. The van der Waals surface area contributed by atoms with E-state index in [-0.39, 0.29) is 12.5 Å². The first-order valence-electron chi connectivity index (χ1n) is 13.1. The molecule has 3 aliphatic rings. The Balaban J connectivity index is 1.78. The summed E-state index contributed by atoms with van der Waals surface area (Å²) in [4.78, 5) is 11.8. The first kappa shape index (κ1) is 29.2. The van der Waals surface area contributed by atoms with Crippen LogP contribution in [-0.4, -0.2) is 81.2 Å². The van der Waals surface area contributed by atoms with Gasteiger partial charge in [0.15, 0.2) is 0 Å². The molecule has 0 saturated carbocycles. The first-order chi connectivity index (χ1) is 16.2. The van der Waals surface area contributed by atoms with Crippen molar-refractivity contribution in [3.63, 3.8) is 0 Å². The lowest BCUT2D eigenvalue weighted by molar-refractivity contribution is -0.228. The normalized spacial score (nSPS) is 45.2. The van der Waals surface area contributed by atoms with Gasteiger partial charge in [-0.3, -0.25) is 4.79 Å². The zero-order chi connectivity index (χ0) is 27.7. The molecule has 0 radical (unpaired) electrons.